The third-order valence-electron chi connectivity index (χ3n) is 4.54. The Bertz CT molecular complexity index is 975. The van der Waals surface area contributed by atoms with Gasteiger partial charge in [-0.1, -0.05) is 18.2 Å². The molecule has 6 heteroatoms. The third kappa shape index (κ3) is 2.95. The van der Waals surface area contributed by atoms with Gasteiger partial charge in [0.15, 0.2) is 6.17 Å². The lowest BCUT2D eigenvalue weighted by Gasteiger charge is -2.27. The minimum Gasteiger partial charge on any atom is -0.497 e. The van der Waals surface area contributed by atoms with Crippen molar-refractivity contribution < 1.29 is 14.3 Å². The molecule has 1 aliphatic rings. The second kappa shape index (κ2) is 6.99. The number of benzene rings is 2. The summed E-state index contributed by atoms with van der Waals surface area (Å²) >= 11 is 0. The van der Waals surface area contributed by atoms with E-state index >= 15 is 0 Å². The Balaban J connectivity index is 1.78. The average molecular weight is 361 g/mol. The molecule has 27 heavy (non-hydrogen) atoms. The fourth-order valence-corrected chi connectivity index (χ4v) is 3.24. The molecule has 6 nitrogen and oxygen atoms in total. The molecule has 1 amide bonds. The molecule has 1 aliphatic heterocycles. The van der Waals surface area contributed by atoms with Gasteiger partial charge in [-0.05, 0) is 36.4 Å². The molecule has 1 atom stereocenters. The highest BCUT2D eigenvalue weighted by Crippen LogP contribution is 2.39. The van der Waals surface area contributed by atoms with E-state index < -0.39 is 6.17 Å². The van der Waals surface area contributed by atoms with E-state index in [0.717, 1.165) is 11.4 Å². The smallest absolute Gasteiger partial charge is 0.262 e. The Morgan fingerprint density at radius 3 is 2.56 bits per heavy atom. The molecule has 0 radical (unpaired) electrons. The number of carbonyl (C=O) groups is 1. The van der Waals surface area contributed by atoms with Gasteiger partial charge in [-0.25, -0.2) is 0 Å². The average Bonchev–Trinajstić information content (AvgIpc) is 3.01. The highest BCUT2D eigenvalue weighted by atomic mass is 16.5. The third-order valence-corrected chi connectivity index (χ3v) is 4.54. The number of carbonyl (C=O) groups excluding carboxylic acids is 1. The maximum atomic E-state index is 13.0. The Labute approximate surface area is 157 Å². The number of fused-ring (bicyclic) bond motifs is 1. The van der Waals surface area contributed by atoms with E-state index in [1.165, 1.54) is 0 Å². The first kappa shape index (κ1) is 16.9. The summed E-state index contributed by atoms with van der Waals surface area (Å²) in [5.74, 6) is 1.23. The number of amides is 1. The van der Waals surface area contributed by atoms with Crippen LogP contribution in [0.2, 0.25) is 0 Å². The van der Waals surface area contributed by atoms with E-state index in [4.69, 9.17) is 9.47 Å². The van der Waals surface area contributed by atoms with Crippen LogP contribution in [0.3, 0.4) is 0 Å². The minimum atomic E-state index is -0.446. The molecule has 136 valence electrons. The molecule has 0 unspecified atom stereocenters. The van der Waals surface area contributed by atoms with Crippen molar-refractivity contribution in [2.45, 2.75) is 6.17 Å². The highest BCUT2D eigenvalue weighted by Gasteiger charge is 2.39. The summed E-state index contributed by atoms with van der Waals surface area (Å²) in [6.45, 7) is 0. The van der Waals surface area contributed by atoms with Crippen molar-refractivity contribution in [3.8, 4) is 11.5 Å². The van der Waals surface area contributed by atoms with Gasteiger partial charge < -0.3 is 14.8 Å². The topological polar surface area (TPSA) is 63.7 Å². The molecule has 2 aromatic carbocycles. The lowest BCUT2D eigenvalue weighted by Crippen LogP contribution is -2.32. The summed E-state index contributed by atoms with van der Waals surface area (Å²) in [6.07, 6.45) is 1.25. The van der Waals surface area contributed by atoms with E-state index in [1.807, 2.05) is 42.5 Å². The number of aromatic nitrogens is 1. The van der Waals surface area contributed by atoms with Gasteiger partial charge in [-0.2, -0.15) is 0 Å². The highest BCUT2D eigenvalue weighted by molar-refractivity contribution is 6.11. The summed E-state index contributed by atoms with van der Waals surface area (Å²) in [4.78, 5) is 19.2. The van der Waals surface area contributed by atoms with Crippen LogP contribution in [0, 0.1) is 0 Å². The van der Waals surface area contributed by atoms with Crippen LogP contribution in [-0.2, 0) is 0 Å². The first-order valence-electron chi connectivity index (χ1n) is 8.55. The number of nitrogens with one attached hydrogen (secondary N) is 1. The molecule has 0 aliphatic carbocycles. The molecule has 0 bridgehead atoms. The summed E-state index contributed by atoms with van der Waals surface area (Å²) in [6, 6.07) is 18.6. The van der Waals surface area contributed by atoms with Crippen molar-refractivity contribution in [2.75, 3.05) is 24.4 Å². The molecule has 0 saturated carbocycles. The first-order chi connectivity index (χ1) is 13.2. The number of hydrogen-bond donors (Lipinski definition) is 1. The van der Waals surface area contributed by atoms with E-state index in [1.54, 1.807) is 43.5 Å². The normalized spacial score (nSPS) is 15.4. The predicted molar refractivity (Wildman–Crippen MR) is 103 cm³/mol. The van der Waals surface area contributed by atoms with Gasteiger partial charge in [0.25, 0.3) is 5.91 Å². The summed E-state index contributed by atoms with van der Waals surface area (Å²) < 4.78 is 10.7. The number of ether oxygens (including phenoxy) is 2. The van der Waals surface area contributed by atoms with E-state index in [2.05, 4.69) is 10.3 Å². The molecule has 1 aromatic heterocycles. The number of rotatable bonds is 5. The molecular formula is C21H19N3O3. The molecule has 0 saturated heterocycles. The van der Waals surface area contributed by atoms with Crippen molar-refractivity contribution >= 4 is 17.3 Å². The standard InChI is InChI=1S/C21H19N3O3/c1-26-15-10-11-17(18(13-15)27-2)23-20-19-16(9-6-12-22-19)21(25)24(20)14-7-4-3-5-8-14/h3-13,20,23H,1-2H3/t20-/m0/s1. The number of nitrogens with zero attached hydrogens (tertiary/aromatic N) is 2. The van der Waals surface area contributed by atoms with Gasteiger partial charge >= 0.3 is 0 Å². The van der Waals surface area contributed by atoms with E-state index in [0.29, 0.717) is 22.8 Å². The monoisotopic (exact) mass is 361 g/mol. The van der Waals surface area contributed by atoms with Crippen LogP contribution < -0.4 is 19.7 Å². The number of pyridine rings is 1. The quantitative estimate of drug-likeness (QED) is 0.747. The molecule has 0 fully saturated rings. The zero-order valence-electron chi connectivity index (χ0n) is 15.0. The lowest BCUT2D eigenvalue weighted by atomic mass is 10.2. The number of hydrogen-bond acceptors (Lipinski definition) is 5. The Morgan fingerprint density at radius 2 is 1.81 bits per heavy atom. The fourth-order valence-electron chi connectivity index (χ4n) is 3.24. The van der Waals surface area contributed by atoms with Crippen LogP contribution in [0.4, 0.5) is 11.4 Å². The van der Waals surface area contributed by atoms with Crippen LogP contribution >= 0.6 is 0 Å². The van der Waals surface area contributed by atoms with Gasteiger partial charge in [-0.15, -0.1) is 0 Å². The molecular weight excluding hydrogens is 342 g/mol. The van der Waals surface area contributed by atoms with Crippen LogP contribution in [-0.4, -0.2) is 25.1 Å². The van der Waals surface area contributed by atoms with Crippen LogP contribution in [0.5, 0.6) is 11.5 Å². The van der Waals surface area contributed by atoms with Crippen molar-refractivity contribution in [3.63, 3.8) is 0 Å². The van der Waals surface area contributed by atoms with Crippen molar-refractivity contribution in [1.29, 1.82) is 0 Å². The van der Waals surface area contributed by atoms with Crippen molar-refractivity contribution in [1.82, 2.24) is 4.98 Å². The predicted octanol–water partition coefficient (Wildman–Crippen LogP) is 3.87. The maximum absolute atomic E-state index is 13.0. The van der Waals surface area contributed by atoms with E-state index in [-0.39, 0.29) is 5.91 Å². The Hall–Kier alpha value is -3.54. The number of para-hydroxylation sites is 1. The largest absolute Gasteiger partial charge is 0.497 e. The zero-order chi connectivity index (χ0) is 18.8. The van der Waals surface area contributed by atoms with Crippen molar-refractivity contribution in [3.05, 3.63) is 78.1 Å². The lowest BCUT2D eigenvalue weighted by molar-refractivity contribution is 0.0993. The summed E-state index contributed by atoms with van der Waals surface area (Å²) in [7, 11) is 3.20. The van der Waals surface area contributed by atoms with E-state index in [9.17, 15) is 4.79 Å². The maximum Gasteiger partial charge on any atom is 0.262 e. The molecule has 2 heterocycles. The van der Waals surface area contributed by atoms with Crippen LogP contribution in [0.25, 0.3) is 0 Å². The minimum absolute atomic E-state index is 0.0886. The van der Waals surface area contributed by atoms with Gasteiger partial charge in [0.1, 0.15) is 11.5 Å². The zero-order valence-corrected chi connectivity index (χ0v) is 15.0. The van der Waals surface area contributed by atoms with Crippen LogP contribution in [0.15, 0.2) is 66.9 Å². The molecule has 0 spiro atoms. The molecule has 4 rings (SSSR count). The fraction of sp³-hybridized carbons (Fsp3) is 0.143. The van der Waals surface area contributed by atoms with Crippen molar-refractivity contribution in [2.24, 2.45) is 0 Å². The Kier molecular flexibility index (Phi) is 4.38. The number of anilines is 2. The summed E-state index contributed by atoms with van der Waals surface area (Å²) in [5, 5.41) is 3.41. The second-order valence-electron chi connectivity index (χ2n) is 6.06. The van der Waals surface area contributed by atoms with Gasteiger partial charge in [0, 0.05) is 18.0 Å². The second-order valence-corrected chi connectivity index (χ2v) is 6.06. The SMILES string of the molecule is COc1ccc(N[C@@H]2c3ncccc3C(=O)N2c2ccccc2)c(OC)c1. The first-order valence-corrected chi connectivity index (χ1v) is 8.55. The Morgan fingerprint density at radius 1 is 1.00 bits per heavy atom. The van der Waals surface area contributed by atoms with Crippen LogP contribution in [0.1, 0.15) is 22.2 Å². The van der Waals surface area contributed by atoms with Gasteiger partial charge in [0.05, 0.1) is 31.2 Å². The van der Waals surface area contributed by atoms with Gasteiger partial charge in [-0.3, -0.25) is 14.7 Å². The van der Waals surface area contributed by atoms with Gasteiger partial charge in [0.2, 0.25) is 0 Å². The molecule has 3 aromatic rings. The molecule has 1 N–H and O–H groups in total. The number of methoxy groups -OCH3 is 2. The summed E-state index contributed by atoms with van der Waals surface area (Å²) in [5.41, 5.74) is 2.82.